The number of anilines is 1. The van der Waals surface area contributed by atoms with E-state index >= 15 is 0 Å². The number of benzene rings is 1. The molecule has 6 heteroatoms. The fraction of sp³-hybridized carbons (Fsp3) is 0.429. The predicted octanol–water partition coefficient (Wildman–Crippen LogP) is 2.19. The van der Waals surface area contributed by atoms with Gasteiger partial charge in [0.2, 0.25) is 0 Å². The minimum absolute atomic E-state index is 0.0882. The van der Waals surface area contributed by atoms with Crippen LogP contribution in [0.3, 0.4) is 0 Å². The average molecular weight is 368 g/mol. The van der Waals surface area contributed by atoms with E-state index in [0.717, 1.165) is 52.2 Å². The maximum Gasteiger partial charge on any atom is 0.255 e. The molecule has 0 radical (unpaired) electrons. The third kappa shape index (κ3) is 6.34. The first-order chi connectivity index (χ1) is 13.3. The molecule has 1 amide bonds. The molecule has 1 saturated heterocycles. The highest BCUT2D eigenvalue weighted by atomic mass is 16.5. The number of hydrogen-bond acceptors (Lipinski definition) is 5. The fourth-order valence-corrected chi connectivity index (χ4v) is 3.12. The van der Waals surface area contributed by atoms with E-state index in [4.69, 9.17) is 4.74 Å². The van der Waals surface area contributed by atoms with Gasteiger partial charge in [0.05, 0.1) is 18.8 Å². The van der Waals surface area contributed by atoms with E-state index in [-0.39, 0.29) is 5.91 Å². The normalized spacial score (nSPS) is 14.7. The number of carbonyl (C=O) groups is 1. The molecule has 2 heterocycles. The molecule has 2 N–H and O–H groups in total. The van der Waals surface area contributed by atoms with Gasteiger partial charge in [-0.2, -0.15) is 0 Å². The van der Waals surface area contributed by atoms with Crippen molar-refractivity contribution in [1.82, 2.24) is 15.2 Å². The molecule has 0 aliphatic carbocycles. The van der Waals surface area contributed by atoms with Crippen molar-refractivity contribution < 1.29 is 9.53 Å². The van der Waals surface area contributed by atoms with Gasteiger partial charge in [-0.05, 0) is 37.1 Å². The van der Waals surface area contributed by atoms with Crippen molar-refractivity contribution in [2.75, 3.05) is 51.3 Å². The van der Waals surface area contributed by atoms with Crippen LogP contribution in [0.15, 0.2) is 48.7 Å². The Morgan fingerprint density at radius 2 is 1.89 bits per heavy atom. The molecule has 1 aromatic heterocycles. The van der Waals surface area contributed by atoms with Crippen LogP contribution in [-0.4, -0.2) is 61.7 Å². The zero-order chi connectivity index (χ0) is 18.7. The van der Waals surface area contributed by atoms with E-state index in [2.05, 4.69) is 32.7 Å². The molecule has 0 spiro atoms. The molecular weight excluding hydrogens is 340 g/mol. The Morgan fingerprint density at radius 3 is 2.70 bits per heavy atom. The summed E-state index contributed by atoms with van der Waals surface area (Å²) in [6.45, 7) is 6.06. The zero-order valence-corrected chi connectivity index (χ0v) is 15.7. The van der Waals surface area contributed by atoms with Crippen LogP contribution in [0.4, 0.5) is 5.82 Å². The number of amides is 1. The maximum absolute atomic E-state index is 12.5. The summed E-state index contributed by atoms with van der Waals surface area (Å²) in [4.78, 5) is 19.3. The molecule has 6 nitrogen and oxygen atoms in total. The van der Waals surface area contributed by atoms with E-state index in [1.54, 1.807) is 12.3 Å². The van der Waals surface area contributed by atoms with Crippen LogP contribution in [0.2, 0.25) is 0 Å². The quantitative estimate of drug-likeness (QED) is 0.664. The summed E-state index contributed by atoms with van der Waals surface area (Å²) in [5, 5.41) is 6.30. The highest BCUT2D eigenvalue weighted by Gasteiger charge is 2.12. The largest absolute Gasteiger partial charge is 0.379 e. The van der Waals surface area contributed by atoms with E-state index in [1.165, 1.54) is 5.56 Å². The summed E-state index contributed by atoms with van der Waals surface area (Å²) in [5.41, 5.74) is 1.81. The first-order valence-electron chi connectivity index (χ1n) is 9.64. The number of pyridine rings is 1. The molecule has 1 fully saturated rings. The second kappa shape index (κ2) is 10.6. The molecule has 0 bridgehead atoms. The lowest BCUT2D eigenvalue weighted by Gasteiger charge is -2.26. The number of nitrogens with one attached hydrogen (secondary N) is 2. The Balaban J connectivity index is 1.43. The lowest BCUT2D eigenvalue weighted by Crippen LogP contribution is -2.37. The first kappa shape index (κ1) is 19.3. The van der Waals surface area contributed by atoms with Gasteiger partial charge >= 0.3 is 0 Å². The molecule has 0 unspecified atom stereocenters. The summed E-state index contributed by atoms with van der Waals surface area (Å²) < 4.78 is 5.37. The average Bonchev–Trinajstić information content (AvgIpc) is 2.73. The van der Waals surface area contributed by atoms with Crippen LogP contribution in [-0.2, 0) is 11.2 Å². The SMILES string of the molecule is O=C(NCCc1ccccc1)c1cccnc1NCCCN1CCOCC1. The van der Waals surface area contributed by atoms with Gasteiger partial charge in [0.15, 0.2) is 0 Å². The Morgan fingerprint density at radius 1 is 1.07 bits per heavy atom. The van der Waals surface area contributed by atoms with Crippen LogP contribution < -0.4 is 10.6 Å². The molecule has 0 atom stereocenters. The van der Waals surface area contributed by atoms with E-state index < -0.39 is 0 Å². The summed E-state index contributed by atoms with van der Waals surface area (Å²) in [6, 6.07) is 13.8. The standard InChI is InChI=1S/C21H28N4O2/c26-21(24-12-9-18-6-2-1-3-7-18)19-8-4-10-22-20(19)23-11-5-13-25-14-16-27-17-15-25/h1-4,6-8,10H,5,9,11-17H2,(H,22,23)(H,24,26). The minimum Gasteiger partial charge on any atom is -0.379 e. The van der Waals surface area contributed by atoms with E-state index in [1.807, 2.05) is 24.3 Å². The third-order valence-electron chi connectivity index (χ3n) is 4.64. The van der Waals surface area contributed by atoms with Crippen molar-refractivity contribution in [3.8, 4) is 0 Å². The molecule has 27 heavy (non-hydrogen) atoms. The molecule has 144 valence electrons. The maximum atomic E-state index is 12.5. The molecule has 2 aromatic rings. The van der Waals surface area contributed by atoms with E-state index in [0.29, 0.717) is 17.9 Å². The number of carbonyl (C=O) groups excluding carboxylic acids is 1. The lowest BCUT2D eigenvalue weighted by molar-refractivity contribution is 0.0378. The van der Waals surface area contributed by atoms with Gasteiger partial charge in [0.1, 0.15) is 5.82 Å². The minimum atomic E-state index is -0.0882. The Bertz CT molecular complexity index is 702. The van der Waals surface area contributed by atoms with Crippen molar-refractivity contribution in [2.24, 2.45) is 0 Å². The number of aromatic nitrogens is 1. The summed E-state index contributed by atoms with van der Waals surface area (Å²) in [7, 11) is 0. The third-order valence-corrected chi connectivity index (χ3v) is 4.64. The summed E-state index contributed by atoms with van der Waals surface area (Å²) in [6.07, 6.45) is 3.53. The van der Waals surface area contributed by atoms with Crippen LogP contribution in [0.1, 0.15) is 22.3 Å². The van der Waals surface area contributed by atoms with Gasteiger partial charge in [-0.3, -0.25) is 9.69 Å². The molecule has 1 aromatic carbocycles. The van der Waals surface area contributed by atoms with Gasteiger partial charge in [0.25, 0.3) is 5.91 Å². The number of nitrogens with zero attached hydrogens (tertiary/aromatic N) is 2. The first-order valence-corrected chi connectivity index (χ1v) is 9.64. The molecular formula is C21H28N4O2. The van der Waals surface area contributed by atoms with Gasteiger partial charge in [-0.15, -0.1) is 0 Å². The second-order valence-electron chi connectivity index (χ2n) is 6.63. The van der Waals surface area contributed by atoms with Gasteiger partial charge < -0.3 is 15.4 Å². The van der Waals surface area contributed by atoms with Crippen LogP contribution in [0.5, 0.6) is 0 Å². The van der Waals surface area contributed by atoms with Crippen molar-refractivity contribution in [2.45, 2.75) is 12.8 Å². The Kier molecular flexibility index (Phi) is 7.62. The molecule has 1 aliphatic heterocycles. The van der Waals surface area contributed by atoms with Crippen molar-refractivity contribution in [3.63, 3.8) is 0 Å². The number of rotatable bonds is 9. The van der Waals surface area contributed by atoms with Crippen LogP contribution in [0.25, 0.3) is 0 Å². The Hall–Kier alpha value is -2.44. The number of morpholine rings is 1. The number of hydrogen-bond donors (Lipinski definition) is 2. The van der Waals surface area contributed by atoms with Gasteiger partial charge in [-0.1, -0.05) is 30.3 Å². The molecule has 3 rings (SSSR count). The lowest BCUT2D eigenvalue weighted by atomic mass is 10.1. The zero-order valence-electron chi connectivity index (χ0n) is 15.7. The molecule has 1 aliphatic rings. The highest BCUT2D eigenvalue weighted by Crippen LogP contribution is 2.11. The summed E-state index contributed by atoms with van der Waals surface area (Å²) >= 11 is 0. The highest BCUT2D eigenvalue weighted by molar-refractivity contribution is 5.98. The van der Waals surface area contributed by atoms with Gasteiger partial charge in [0, 0.05) is 32.4 Å². The second-order valence-corrected chi connectivity index (χ2v) is 6.63. The van der Waals surface area contributed by atoms with Crippen LogP contribution >= 0.6 is 0 Å². The molecule has 0 saturated carbocycles. The van der Waals surface area contributed by atoms with E-state index in [9.17, 15) is 4.79 Å². The van der Waals surface area contributed by atoms with Crippen molar-refractivity contribution >= 4 is 11.7 Å². The monoisotopic (exact) mass is 368 g/mol. The van der Waals surface area contributed by atoms with Gasteiger partial charge in [-0.25, -0.2) is 4.98 Å². The smallest absolute Gasteiger partial charge is 0.255 e. The van der Waals surface area contributed by atoms with Crippen molar-refractivity contribution in [3.05, 3.63) is 59.8 Å². The Labute approximate surface area is 160 Å². The predicted molar refractivity (Wildman–Crippen MR) is 107 cm³/mol. The topological polar surface area (TPSA) is 66.5 Å². The van der Waals surface area contributed by atoms with Crippen molar-refractivity contribution in [1.29, 1.82) is 0 Å². The van der Waals surface area contributed by atoms with Crippen LogP contribution in [0, 0.1) is 0 Å². The fourth-order valence-electron chi connectivity index (χ4n) is 3.12. The number of ether oxygens (including phenoxy) is 1. The summed E-state index contributed by atoms with van der Waals surface area (Å²) in [5.74, 6) is 0.561.